The summed E-state index contributed by atoms with van der Waals surface area (Å²) in [6, 6.07) is 31.4. The Morgan fingerprint density at radius 3 is 2.24 bits per heavy atom. The molecule has 0 saturated carbocycles. The first-order chi connectivity index (χ1) is 12.4. The van der Waals surface area contributed by atoms with Crippen LogP contribution in [0.4, 0.5) is 0 Å². The Bertz CT molecular complexity index is 1310. The molecular weight excluding hydrogens is 300 g/mol. The Kier molecular flexibility index (Phi) is 2.48. The fourth-order valence-electron chi connectivity index (χ4n) is 4.46. The van der Waals surface area contributed by atoms with Gasteiger partial charge in [0.1, 0.15) is 0 Å². The first kappa shape index (κ1) is 13.2. The van der Waals surface area contributed by atoms with Crippen molar-refractivity contribution in [2.45, 2.75) is 6.42 Å². The summed E-state index contributed by atoms with van der Waals surface area (Å²) in [4.78, 5) is 0. The first-order valence-corrected chi connectivity index (χ1v) is 8.84. The van der Waals surface area contributed by atoms with Crippen molar-refractivity contribution in [1.82, 2.24) is 0 Å². The Balaban J connectivity index is 1.80. The van der Waals surface area contributed by atoms with Crippen LogP contribution in [0.5, 0.6) is 0 Å². The zero-order valence-electron chi connectivity index (χ0n) is 13.8. The fraction of sp³-hybridized carbons (Fsp3) is 0.0400. The lowest BCUT2D eigenvalue weighted by atomic mass is 9.93. The Morgan fingerprint density at radius 1 is 0.480 bits per heavy atom. The molecule has 25 heavy (non-hydrogen) atoms. The Labute approximate surface area is 146 Å². The van der Waals surface area contributed by atoms with Gasteiger partial charge in [-0.25, -0.2) is 0 Å². The van der Waals surface area contributed by atoms with E-state index in [1.165, 1.54) is 54.6 Å². The quantitative estimate of drug-likeness (QED) is 0.215. The van der Waals surface area contributed by atoms with Gasteiger partial charge in [-0.2, -0.15) is 0 Å². The van der Waals surface area contributed by atoms with Gasteiger partial charge in [-0.05, 0) is 73.1 Å². The van der Waals surface area contributed by atoms with Gasteiger partial charge < -0.3 is 0 Å². The third-order valence-electron chi connectivity index (χ3n) is 5.64. The van der Waals surface area contributed by atoms with Crippen molar-refractivity contribution in [3.05, 3.63) is 96.1 Å². The van der Waals surface area contributed by atoms with Gasteiger partial charge in [0.25, 0.3) is 0 Å². The minimum absolute atomic E-state index is 1.05. The lowest BCUT2D eigenvalue weighted by Crippen LogP contribution is -1.85. The molecule has 116 valence electrons. The van der Waals surface area contributed by atoms with Gasteiger partial charge >= 0.3 is 0 Å². The second-order valence-electron chi connectivity index (χ2n) is 7.01. The average Bonchev–Trinajstić information content (AvgIpc) is 3.05. The van der Waals surface area contributed by atoms with E-state index in [0.717, 1.165) is 6.42 Å². The van der Waals surface area contributed by atoms with Crippen molar-refractivity contribution in [1.29, 1.82) is 0 Å². The van der Waals surface area contributed by atoms with E-state index in [9.17, 15) is 0 Å². The van der Waals surface area contributed by atoms with E-state index >= 15 is 0 Å². The lowest BCUT2D eigenvalue weighted by Gasteiger charge is -2.10. The van der Waals surface area contributed by atoms with Crippen molar-refractivity contribution in [2.24, 2.45) is 0 Å². The van der Waals surface area contributed by atoms with Crippen LogP contribution < -0.4 is 0 Å². The van der Waals surface area contributed by atoms with E-state index in [1.54, 1.807) is 0 Å². The summed E-state index contributed by atoms with van der Waals surface area (Å²) in [6.45, 7) is 0. The number of hydrogen-bond acceptors (Lipinski definition) is 0. The molecule has 0 amide bonds. The molecule has 1 aliphatic rings. The molecule has 0 aliphatic heterocycles. The summed E-state index contributed by atoms with van der Waals surface area (Å²) in [7, 11) is 0. The minimum atomic E-state index is 1.05. The van der Waals surface area contributed by atoms with Crippen molar-refractivity contribution in [2.75, 3.05) is 0 Å². The van der Waals surface area contributed by atoms with Crippen molar-refractivity contribution < 1.29 is 0 Å². The highest BCUT2D eigenvalue weighted by Gasteiger charge is 2.20. The zero-order chi connectivity index (χ0) is 16.4. The van der Waals surface area contributed by atoms with Crippen molar-refractivity contribution in [3.8, 4) is 11.1 Å². The molecule has 0 nitrogen and oxygen atoms in total. The highest BCUT2D eigenvalue weighted by molar-refractivity contribution is 6.15. The number of rotatable bonds is 0. The molecule has 0 fully saturated rings. The maximum absolute atomic E-state index is 2.41. The standard InChI is InChI=1S/C25H16/c1-3-7-21-16(5-1)9-10-18-13-19-11-12-20-14-17-6-2-4-8-22(17)25(20)24(19)15-23(18)21/h1-13,15H,14H2. The maximum Gasteiger partial charge on any atom is -0.00132 e. The molecule has 0 heterocycles. The second-order valence-corrected chi connectivity index (χ2v) is 7.01. The van der Waals surface area contributed by atoms with Crippen LogP contribution >= 0.6 is 0 Å². The molecule has 0 atom stereocenters. The molecule has 0 bridgehead atoms. The summed E-state index contributed by atoms with van der Waals surface area (Å²) in [5.74, 6) is 0. The monoisotopic (exact) mass is 316 g/mol. The zero-order valence-corrected chi connectivity index (χ0v) is 13.8. The van der Waals surface area contributed by atoms with Crippen LogP contribution in [-0.4, -0.2) is 0 Å². The van der Waals surface area contributed by atoms with Crippen molar-refractivity contribution >= 4 is 32.3 Å². The third-order valence-corrected chi connectivity index (χ3v) is 5.64. The van der Waals surface area contributed by atoms with Crippen LogP contribution in [0.2, 0.25) is 0 Å². The molecule has 6 rings (SSSR count). The highest BCUT2D eigenvalue weighted by Crippen LogP contribution is 2.42. The van der Waals surface area contributed by atoms with Crippen LogP contribution in [0.1, 0.15) is 11.1 Å². The molecular formula is C25H16. The minimum Gasteiger partial charge on any atom is -0.0619 e. The molecule has 0 unspecified atom stereocenters. The number of hydrogen-bond donors (Lipinski definition) is 0. The lowest BCUT2D eigenvalue weighted by molar-refractivity contribution is 1.27. The molecule has 0 spiro atoms. The molecule has 5 aromatic rings. The average molecular weight is 316 g/mol. The first-order valence-electron chi connectivity index (χ1n) is 8.84. The van der Waals surface area contributed by atoms with E-state index in [-0.39, 0.29) is 0 Å². The molecule has 1 aliphatic carbocycles. The summed E-state index contributed by atoms with van der Waals surface area (Å²) in [5.41, 5.74) is 5.74. The molecule has 0 saturated heterocycles. The van der Waals surface area contributed by atoms with E-state index in [0.29, 0.717) is 0 Å². The molecule has 0 heteroatoms. The molecule has 0 N–H and O–H groups in total. The van der Waals surface area contributed by atoms with Gasteiger partial charge in [-0.3, -0.25) is 0 Å². The third kappa shape index (κ3) is 1.77. The van der Waals surface area contributed by atoms with Crippen LogP contribution in [-0.2, 0) is 6.42 Å². The predicted octanol–water partition coefficient (Wildman–Crippen LogP) is 6.72. The summed E-state index contributed by atoms with van der Waals surface area (Å²) < 4.78 is 0. The summed E-state index contributed by atoms with van der Waals surface area (Å²) in [6.07, 6.45) is 1.05. The predicted molar refractivity (Wildman–Crippen MR) is 107 cm³/mol. The molecule has 0 aromatic heterocycles. The van der Waals surface area contributed by atoms with Gasteiger partial charge in [-0.15, -0.1) is 0 Å². The van der Waals surface area contributed by atoms with Gasteiger partial charge in [0.2, 0.25) is 0 Å². The fourth-order valence-corrected chi connectivity index (χ4v) is 4.46. The Morgan fingerprint density at radius 2 is 1.24 bits per heavy atom. The smallest absolute Gasteiger partial charge is 0.00132 e. The van der Waals surface area contributed by atoms with E-state index in [4.69, 9.17) is 0 Å². The van der Waals surface area contributed by atoms with E-state index in [1.807, 2.05) is 0 Å². The van der Waals surface area contributed by atoms with Crippen LogP contribution in [0, 0.1) is 0 Å². The van der Waals surface area contributed by atoms with E-state index < -0.39 is 0 Å². The summed E-state index contributed by atoms with van der Waals surface area (Å²) in [5, 5.41) is 8.03. The van der Waals surface area contributed by atoms with Gasteiger partial charge in [0.15, 0.2) is 0 Å². The second kappa shape index (κ2) is 4.70. The van der Waals surface area contributed by atoms with Crippen LogP contribution in [0.15, 0.2) is 84.9 Å². The van der Waals surface area contributed by atoms with Gasteiger partial charge in [0.05, 0.1) is 0 Å². The van der Waals surface area contributed by atoms with E-state index in [2.05, 4.69) is 84.9 Å². The van der Waals surface area contributed by atoms with Gasteiger partial charge in [-0.1, -0.05) is 72.8 Å². The highest BCUT2D eigenvalue weighted by atomic mass is 14.2. The molecule has 5 aromatic carbocycles. The summed E-state index contributed by atoms with van der Waals surface area (Å²) >= 11 is 0. The van der Waals surface area contributed by atoms with Crippen molar-refractivity contribution in [3.63, 3.8) is 0 Å². The number of fused-ring (bicyclic) bond motifs is 8. The Hall–Kier alpha value is -3.12. The normalized spacial score (nSPS) is 12.6. The van der Waals surface area contributed by atoms with Gasteiger partial charge in [0, 0.05) is 0 Å². The van der Waals surface area contributed by atoms with Crippen LogP contribution in [0.25, 0.3) is 43.4 Å². The number of benzene rings is 5. The van der Waals surface area contributed by atoms with Crippen LogP contribution in [0.3, 0.4) is 0 Å². The largest absolute Gasteiger partial charge is 0.0619 e. The maximum atomic E-state index is 2.41. The topological polar surface area (TPSA) is 0 Å². The SMILES string of the molecule is c1ccc2c(c1)Cc1ccc3cc4ccc5ccccc5c4cc3c1-2. The molecule has 0 radical (unpaired) electrons.